The van der Waals surface area contributed by atoms with Crippen LogP contribution in [0.2, 0.25) is 0 Å². The number of anilines is 1. The fraction of sp³-hybridized carbons (Fsp3) is 0.0667. The van der Waals surface area contributed by atoms with Crippen LogP contribution in [-0.2, 0) is 0 Å². The van der Waals surface area contributed by atoms with Crippen LogP contribution in [0.1, 0.15) is 5.56 Å². The molecule has 2 N–H and O–H groups in total. The van der Waals surface area contributed by atoms with Gasteiger partial charge in [0.2, 0.25) is 0 Å². The summed E-state index contributed by atoms with van der Waals surface area (Å²) >= 11 is 1.67. The minimum atomic E-state index is 0. The first-order valence-electron chi connectivity index (χ1n) is 5.60. The molecule has 2 aromatic carbocycles. The summed E-state index contributed by atoms with van der Waals surface area (Å²) < 4.78 is 1.27. The molecule has 3 rings (SSSR count). The number of nitrogens with two attached hydrogens (primary N) is 1. The highest BCUT2D eigenvalue weighted by molar-refractivity contribution is 7.23. The zero-order valence-corrected chi connectivity index (χ0v) is 11.6. The van der Waals surface area contributed by atoms with Crippen molar-refractivity contribution in [2.75, 3.05) is 5.73 Å². The van der Waals surface area contributed by atoms with Gasteiger partial charge in [-0.2, -0.15) is 0 Å². The van der Waals surface area contributed by atoms with Crippen molar-refractivity contribution in [1.29, 1.82) is 0 Å². The second-order valence-corrected chi connectivity index (χ2v) is 5.29. The molecule has 0 aliphatic rings. The molecule has 0 atom stereocenters. The van der Waals surface area contributed by atoms with Gasteiger partial charge in [-0.25, -0.2) is 0 Å². The third kappa shape index (κ3) is 2.09. The normalized spacial score (nSPS) is 10.3. The average Bonchev–Trinajstić information content (AvgIpc) is 2.65. The highest BCUT2D eigenvalue weighted by Crippen LogP contribution is 2.40. The Hall–Kier alpha value is -1.51. The van der Waals surface area contributed by atoms with E-state index in [0.29, 0.717) is 0 Å². The number of benzene rings is 2. The van der Waals surface area contributed by atoms with Gasteiger partial charge in [0.15, 0.2) is 0 Å². The molecular weight excluding hydrogens is 262 g/mol. The van der Waals surface area contributed by atoms with E-state index in [2.05, 4.69) is 37.3 Å². The number of hydrogen-bond donors (Lipinski definition) is 1. The molecule has 3 heteroatoms. The summed E-state index contributed by atoms with van der Waals surface area (Å²) in [5.74, 6) is 0. The molecule has 1 aromatic heterocycles. The second-order valence-electron chi connectivity index (χ2n) is 4.21. The quantitative estimate of drug-likeness (QED) is 0.673. The van der Waals surface area contributed by atoms with Gasteiger partial charge in [-0.15, -0.1) is 23.7 Å². The first-order chi connectivity index (χ1) is 8.25. The first-order valence-corrected chi connectivity index (χ1v) is 6.41. The lowest BCUT2D eigenvalue weighted by atomic mass is 10.0. The van der Waals surface area contributed by atoms with Gasteiger partial charge in [0.05, 0.1) is 5.00 Å². The predicted molar refractivity (Wildman–Crippen MR) is 83.7 cm³/mol. The van der Waals surface area contributed by atoms with Crippen LogP contribution in [-0.4, -0.2) is 0 Å². The number of rotatable bonds is 1. The highest BCUT2D eigenvalue weighted by Gasteiger charge is 2.11. The van der Waals surface area contributed by atoms with Crippen LogP contribution >= 0.6 is 23.7 Å². The molecule has 0 aliphatic carbocycles. The van der Waals surface area contributed by atoms with Gasteiger partial charge in [-0.3, -0.25) is 0 Å². The lowest BCUT2D eigenvalue weighted by molar-refractivity contribution is 1.52. The smallest absolute Gasteiger partial charge is 0.0948 e. The molecule has 0 unspecified atom stereocenters. The van der Waals surface area contributed by atoms with E-state index in [4.69, 9.17) is 5.73 Å². The summed E-state index contributed by atoms with van der Waals surface area (Å²) in [5.41, 5.74) is 9.80. The van der Waals surface area contributed by atoms with Crippen LogP contribution in [0.4, 0.5) is 5.00 Å². The monoisotopic (exact) mass is 275 g/mol. The molecule has 0 fully saturated rings. The molecule has 92 valence electrons. The number of hydrogen-bond acceptors (Lipinski definition) is 2. The van der Waals surface area contributed by atoms with Crippen molar-refractivity contribution in [2.45, 2.75) is 6.92 Å². The number of fused-ring (bicyclic) bond motifs is 1. The number of halogens is 1. The molecule has 0 amide bonds. The topological polar surface area (TPSA) is 26.0 Å². The van der Waals surface area contributed by atoms with Crippen LogP contribution in [0.3, 0.4) is 0 Å². The Balaban J connectivity index is 0.00000120. The SMILES string of the molecule is Cc1ccc2c(-c3ccccc3)c(N)sc2c1.Cl. The van der Waals surface area contributed by atoms with Crippen molar-refractivity contribution in [1.82, 2.24) is 0 Å². The van der Waals surface area contributed by atoms with E-state index in [0.717, 1.165) is 5.00 Å². The molecule has 0 saturated heterocycles. The van der Waals surface area contributed by atoms with E-state index in [-0.39, 0.29) is 12.4 Å². The maximum absolute atomic E-state index is 6.15. The Morgan fingerprint density at radius 2 is 1.72 bits per heavy atom. The molecule has 1 heterocycles. The summed E-state index contributed by atoms with van der Waals surface area (Å²) in [7, 11) is 0. The number of nitrogen functional groups attached to an aromatic ring is 1. The Morgan fingerprint density at radius 3 is 2.44 bits per heavy atom. The summed E-state index contributed by atoms with van der Waals surface area (Å²) in [6.07, 6.45) is 0. The molecule has 0 bridgehead atoms. The largest absolute Gasteiger partial charge is 0.390 e. The van der Waals surface area contributed by atoms with Crippen molar-refractivity contribution in [3.8, 4) is 11.1 Å². The standard InChI is InChI=1S/C15H13NS.ClH/c1-10-7-8-12-13(9-10)17-15(16)14(12)11-5-3-2-4-6-11;/h2-9H,16H2,1H3;1H. The van der Waals surface area contributed by atoms with Gasteiger partial charge in [-0.05, 0) is 24.1 Å². The minimum absolute atomic E-state index is 0. The number of thiophene rings is 1. The summed E-state index contributed by atoms with van der Waals surface area (Å²) in [6, 6.07) is 16.8. The van der Waals surface area contributed by atoms with E-state index in [1.807, 2.05) is 18.2 Å². The maximum Gasteiger partial charge on any atom is 0.0948 e. The fourth-order valence-corrected chi connectivity index (χ4v) is 3.22. The van der Waals surface area contributed by atoms with Gasteiger partial charge < -0.3 is 5.73 Å². The molecule has 0 aliphatic heterocycles. The summed E-state index contributed by atoms with van der Waals surface area (Å²) in [5, 5.41) is 2.15. The molecule has 18 heavy (non-hydrogen) atoms. The highest BCUT2D eigenvalue weighted by atomic mass is 35.5. The molecule has 0 saturated carbocycles. The predicted octanol–water partition coefficient (Wildman–Crippen LogP) is 4.88. The van der Waals surface area contributed by atoms with Crippen molar-refractivity contribution in [3.05, 3.63) is 54.1 Å². The van der Waals surface area contributed by atoms with E-state index < -0.39 is 0 Å². The Morgan fingerprint density at radius 1 is 1.00 bits per heavy atom. The molecular formula is C15H14ClNS. The Kier molecular flexibility index (Phi) is 3.60. The summed E-state index contributed by atoms with van der Waals surface area (Å²) in [4.78, 5) is 0. The Bertz CT molecular complexity index is 674. The van der Waals surface area contributed by atoms with Crippen LogP contribution < -0.4 is 5.73 Å². The molecule has 1 nitrogen and oxygen atoms in total. The third-order valence-electron chi connectivity index (χ3n) is 2.94. The van der Waals surface area contributed by atoms with Gasteiger partial charge in [0.25, 0.3) is 0 Å². The number of aryl methyl sites for hydroxylation is 1. The summed E-state index contributed by atoms with van der Waals surface area (Å²) in [6.45, 7) is 2.11. The molecule has 3 aromatic rings. The minimum Gasteiger partial charge on any atom is -0.390 e. The second kappa shape index (κ2) is 5.01. The van der Waals surface area contributed by atoms with Gasteiger partial charge in [0.1, 0.15) is 0 Å². The van der Waals surface area contributed by atoms with Crippen molar-refractivity contribution < 1.29 is 0 Å². The van der Waals surface area contributed by atoms with E-state index in [1.165, 1.54) is 26.8 Å². The van der Waals surface area contributed by atoms with Gasteiger partial charge in [0, 0.05) is 15.6 Å². The maximum atomic E-state index is 6.15. The zero-order valence-electron chi connectivity index (χ0n) is 10.0. The van der Waals surface area contributed by atoms with Crippen LogP contribution in [0.5, 0.6) is 0 Å². The van der Waals surface area contributed by atoms with Crippen LogP contribution in [0.25, 0.3) is 21.2 Å². The van der Waals surface area contributed by atoms with Gasteiger partial charge in [-0.1, -0.05) is 42.5 Å². The average molecular weight is 276 g/mol. The van der Waals surface area contributed by atoms with Crippen molar-refractivity contribution in [2.24, 2.45) is 0 Å². The van der Waals surface area contributed by atoms with Crippen molar-refractivity contribution >= 4 is 38.8 Å². The van der Waals surface area contributed by atoms with Crippen LogP contribution in [0, 0.1) is 6.92 Å². The van der Waals surface area contributed by atoms with Crippen molar-refractivity contribution in [3.63, 3.8) is 0 Å². The first kappa shape index (κ1) is 12.9. The fourth-order valence-electron chi connectivity index (χ4n) is 2.13. The lowest BCUT2D eigenvalue weighted by Crippen LogP contribution is -1.83. The van der Waals surface area contributed by atoms with E-state index in [9.17, 15) is 0 Å². The van der Waals surface area contributed by atoms with E-state index >= 15 is 0 Å². The van der Waals surface area contributed by atoms with Gasteiger partial charge >= 0.3 is 0 Å². The van der Waals surface area contributed by atoms with E-state index in [1.54, 1.807) is 11.3 Å². The van der Waals surface area contributed by atoms with Crippen LogP contribution in [0.15, 0.2) is 48.5 Å². The molecule has 0 radical (unpaired) electrons. The Labute approximate surface area is 117 Å². The molecule has 0 spiro atoms. The zero-order chi connectivity index (χ0) is 11.8. The lowest BCUT2D eigenvalue weighted by Gasteiger charge is -2.01. The third-order valence-corrected chi connectivity index (χ3v) is 3.92.